The Hall–Kier alpha value is -1.10. The van der Waals surface area contributed by atoms with Crippen LogP contribution in [0.1, 0.15) is 18.4 Å². The van der Waals surface area contributed by atoms with E-state index in [-0.39, 0.29) is 5.02 Å². The summed E-state index contributed by atoms with van der Waals surface area (Å²) in [6, 6.07) is 11.2. The number of halogens is 3. The summed E-state index contributed by atoms with van der Waals surface area (Å²) >= 11 is 9.05. The quantitative estimate of drug-likeness (QED) is 0.722. The molecule has 0 heterocycles. The molecule has 0 aromatic heterocycles. The summed E-state index contributed by atoms with van der Waals surface area (Å²) in [6.07, 6.45) is 2.51. The Morgan fingerprint density at radius 2 is 2.10 bits per heavy atom. The van der Waals surface area contributed by atoms with Crippen LogP contribution in [0.5, 0.6) is 11.5 Å². The number of hydrogen-bond acceptors (Lipinski definition) is 2. The fraction of sp³-hybridized carbons (Fsp3) is 0.250. The van der Waals surface area contributed by atoms with E-state index >= 15 is 0 Å². The number of ether oxygens (including phenoxy) is 1. The molecule has 1 N–H and O–H groups in total. The third-order valence-electron chi connectivity index (χ3n) is 3.27. The second-order valence-electron chi connectivity index (χ2n) is 5.10. The molecule has 1 aliphatic carbocycles. The third kappa shape index (κ3) is 3.96. The van der Waals surface area contributed by atoms with Crippen molar-refractivity contribution in [3.05, 3.63) is 57.3 Å². The Balaban J connectivity index is 1.74. The monoisotopic (exact) mass is 369 g/mol. The van der Waals surface area contributed by atoms with Crippen LogP contribution in [0.4, 0.5) is 4.39 Å². The van der Waals surface area contributed by atoms with Gasteiger partial charge in [0, 0.05) is 18.7 Å². The minimum Gasteiger partial charge on any atom is -0.456 e. The number of benzene rings is 2. The second-order valence-corrected chi connectivity index (χ2v) is 6.36. The highest BCUT2D eigenvalue weighted by Crippen LogP contribution is 2.34. The molecule has 1 aliphatic rings. The van der Waals surface area contributed by atoms with Gasteiger partial charge in [0.1, 0.15) is 17.3 Å². The summed E-state index contributed by atoms with van der Waals surface area (Å²) < 4.78 is 19.9. The Morgan fingerprint density at radius 3 is 2.86 bits per heavy atom. The lowest BCUT2D eigenvalue weighted by molar-refractivity contribution is 0.472. The molecule has 2 aromatic rings. The Kier molecular flexibility index (Phi) is 4.48. The van der Waals surface area contributed by atoms with Gasteiger partial charge >= 0.3 is 0 Å². The maximum atomic E-state index is 13.5. The van der Waals surface area contributed by atoms with Crippen molar-refractivity contribution >= 4 is 27.5 Å². The highest BCUT2D eigenvalue weighted by molar-refractivity contribution is 9.10. The summed E-state index contributed by atoms with van der Waals surface area (Å²) in [7, 11) is 0. The van der Waals surface area contributed by atoms with E-state index in [2.05, 4.69) is 21.2 Å². The van der Waals surface area contributed by atoms with Gasteiger partial charge < -0.3 is 10.1 Å². The van der Waals surface area contributed by atoms with Gasteiger partial charge in [0.05, 0.1) is 9.50 Å². The summed E-state index contributed by atoms with van der Waals surface area (Å²) in [5.74, 6) is 0.582. The first-order valence-electron chi connectivity index (χ1n) is 6.76. The standard InChI is InChI=1S/C16H14BrClFNO/c17-13-7-14(18)15(19)8-16(13)21-12-3-1-2-10(6-12)9-20-11-4-5-11/h1-3,6-8,11,20H,4-5,9H2. The van der Waals surface area contributed by atoms with Crippen LogP contribution in [0, 0.1) is 5.82 Å². The van der Waals surface area contributed by atoms with E-state index < -0.39 is 5.82 Å². The maximum absolute atomic E-state index is 13.5. The third-order valence-corrected chi connectivity index (χ3v) is 4.18. The lowest BCUT2D eigenvalue weighted by Gasteiger charge is -2.10. The average molecular weight is 371 g/mol. The molecule has 0 spiro atoms. The van der Waals surface area contributed by atoms with Crippen LogP contribution in [0.15, 0.2) is 40.9 Å². The van der Waals surface area contributed by atoms with Crippen molar-refractivity contribution in [2.75, 3.05) is 0 Å². The SMILES string of the molecule is Fc1cc(Oc2cccc(CNC3CC3)c2)c(Br)cc1Cl. The van der Waals surface area contributed by atoms with Crippen LogP contribution in [0.25, 0.3) is 0 Å². The molecule has 0 bridgehead atoms. The largest absolute Gasteiger partial charge is 0.456 e. The smallest absolute Gasteiger partial charge is 0.145 e. The molecule has 5 heteroatoms. The van der Waals surface area contributed by atoms with Gasteiger partial charge in [-0.25, -0.2) is 4.39 Å². The van der Waals surface area contributed by atoms with Gasteiger partial charge in [-0.2, -0.15) is 0 Å². The normalized spacial score (nSPS) is 14.2. The molecular weight excluding hydrogens is 357 g/mol. The predicted molar refractivity (Wildman–Crippen MR) is 85.5 cm³/mol. The van der Waals surface area contributed by atoms with Crippen molar-refractivity contribution in [1.82, 2.24) is 5.32 Å². The molecule has 1 fully saturated rings. The fourth-order valence-corrected chi connectivity index (χ4v) is 2.70. The Morgan fingerprint density at radius 1 is 1.29 bits per heavy atom. The molecule has 110 valence electrons. The molecule has 0 aliphatic heterocycles. The molecule has 0 unspecified atom stereocenters. The van der Waals surface area contributed by atoms with Crippen LogP contribution in [-0.2, 0) is 6.54 Å². The van der Waals surface area contributed by atoms with Gasteiger partial charge in [-0.1, -0.05) is 23.7 Å². The molecular formula is C16H14BrClFNO. The van der Waals surface area contributed by atoms with E-state index in [4.69, 9.17) is 16.3 Å². The summed E-state index contributed by atoms with van der Waals surface area (Å²) in [6.45, 7) is 0.817. The van der Waals surface area contributed by atoms with Crippen molar-refractivity contribution in [3.63, 3.8) is 0 Å². The summed E-state index contributed by atoms with van der Waals surface area (Å²) in [4.78, 5) is 0. The van der Waals surface area contributed by atoms with E-state index in [1.165, 1.54) is 25.0 Å². The number of nitrogens with one attached hydrogen (secondary N) is 1. The number of rotatable bonds is 5. The first kappa shape index (κ1) is 14.8. The van der Waals surface area contributed by atoms with E-state index in [9.17, 15) is 4.39 Å². The van der Waals surface area contributed by atoms with Crippen LogP contribution >= 0.6 is 27.5 Å². The van der Waals surface area contributed by atoms with E-state index in [1.807, 2.05) is 24.3 Å². The van der Waals surface area contributed by atoms with Crippen molar-refractivity contribution in [2.24, 2.45) is 0 Å². The average Bonchev–Trinajstić information content (AvgIpc) is 3.27. The topological polar surface area (TPSA) is 21.3 Å². The van der Waals surface area contributed by atoms with Crippen molar-refractivity contribution in [3.8, 4) is 11.5 Å². The molecule has 0 saturated heterocycles. The zero-order valence-electron chi connectivity index (χ0n) is 11.2. The van der Waals surface area contributed by atoms with Gasteiger partial charge in [-0.3, -0.25) is 0 Å². The molecule has 1 saturated carbocycles. The van der Waals surface area contributed by atoms with Gasteiger partial charge in [0.2, 0.25) is 0 Å². The van der Waals surface area contributed by atoms with Crippen molar-refractivity contribution in [1.29, 1.82) is 0 Å². The van der Waals surface area contributed by atoms with Crippen LogP contribution < -0.4 is 10.1 Å². The maximum Gasteiger partial charge on any atom is 0.145 e. The molecule has 0 atom stereocenters. The van der Waals surface area contributed by atoms with E-state index in [0.29, 0.717) is 22.0 Å². The van der Waals surface area contributed by atoms with Crippen LogP contribution in [0.3, 0.4) is 0 Å². The molecule has 21 heavy (non-hydrogen) atoms. The lowest BCUT2D eigenvalue weighted by Crippen LogP contribution is -2.15. The van der Waals surface area contributed by atoms with Gasteiger partial charge in [0.25, 0.3) is 0 Å². The minimum atomic E-state index is -0.499. The van der Waals surface area contributed by atoms with Crippen LogP contribution in [-0.4, -0.2) is 6.04 Å². The van der Waals surface area contributed by atoms with Gasteiger partial charge in [-0.05, 0) is 52.5 Å². The first-order chi connectivity index (χ1) is 10.1. The fourth-order valence-electron chi connectivity index (χ4n) is 1.98. The zero-order valence-corrected chi connectivity index (χ0v) is 13.5. The number of hydrogen-bond donors (Lipinski definition) is 1. The molecule has 2 aromatic carbocycles. The van der Waals surface area contributed by atoms with Crippen molar-refractivity contribution < 1.29 is 9.13 Å². The second kappa shape index (κ2) is 6.34. The van der Waals surface area contributed by atoms with Crippen LogP contribution in [0.2, 0.25) is 5.02 Å². The highest BCUT2D eigenvalue weighted by atomic mass is 79.9. The van der Waals surface area contributed by atoms with E-state index in [1.54, 1.807) is 0 Å². The minimum absolute atomic E-state index is 0.0663. The summed E-state index contributed by atoms with van der Waals surface area (Å²) in [5.41, 5.74) is 1.14. The Bertz CT molecular complexity index is 661. The highest BCUT2D eigenvalue weighted by Gasteiger charge is 2.19. The molecule has 2 nitrogen and oxygen atoms in total. The predicted octanol–water partition coefficient (Wildman–Crippen LogP) is 5.29. The Labute approximate surface area is 136 Å². The molecule has 3 rings (SSSR count). The van der Waals surface area contributed by atoms with Crippen molar-refractivity contribution in [2.45, 2.75) is 25.4 Å². The van der Waals surface area contributed by atoms with Gasteiger partial charge in [-0.15, -0.1) is 0 Å². The summed E-state index contributed by atoms with van der Waals surface area (Å²) in [5, 5.41) is 3.52. The molecule has 0 radical (unpaired) electrons. The molecule has 0 amide bonds. The van der Waals surface area contributed by atoms with E-state index in [0.717, 1.165) is 12.1 Å². The lowest BCUT2D eigenvalue weighted by atomic mass is 10.2. The first-order valence-corrected chi connectivity index (χ1v) is 7.93. The van der Waals surface area contributed by atoms with Gasteiger partial charge in [0.15, 0.2) is 0 Å². The zero-order chi connectivity index (χ0) is 14.8.